The summed E-state index contributed by atoms with van der Waals surface area (Å²) in [5, 5.41) is -1.50. The van der Waals surface area contributed by atoms with Crippen LogP contribution in [-0.4, -0.2) is 5.75 Å². The molecule has 0 aliphatic rings. The molecule has 3 heteroatoms. The highest BCUT2D eigenvalue weighted by Gasteiger charge is 2.19. The summed E-state index contributed by atoms with van der Waals surface area (Å²) >= 11 is 8.48. The van der Waals surface area contributed by atoms with Gasteiger partial charge in [-0.15, -0.1) is 11.4 Å². The van der Waals surface area contributed by atoms with Crippen molar-refractivity contribution in [1.29, 1.82) is 0 Å². The normalized spacial score (nSPS) is 11.7. The Morgan fingerprint density at radius 1 is 0.514 bits per heavy atom. The lowest BCUT2D eigenvalue weighted by molar-refractivity contribution is 0.532. The van der Waals surface area contributed by atoms with E-state index in [2.05, 4.69) is 79.0 Å². The predicted molar refractivity (Wildman–Crippen MR) is 167 cm³/mol. The third-order valence-electron chi connectivity index (χ3n) is 6.86. The zero-order valence-electron chi connectivity index (χ0n) is 22.5. The van der Waals surface area contributed by atoms with Gasteiger partial charge in [-0.3, -0.25) is 0 Å². The van der Waals surface area contributed by atoms with Crippen LogP contribution in [0.15, 0.2) is 60.7 Å². The molecule has 0 atom stereocenters. The Kier molecular flexibility index (Phi) is 18.0. The van der Waals surface area contributed by atoms with Crippen molar-refractivity contribution in [3.63, 3.8) is 0 Å². The topological polar surface area (TPSA) is 0 Å². The number of rotatable bonds is 22. The van der Waals surface area contributed by atoms with E-state index in [-0.39, 0.29) is 0 Å². The third-order valence-corrected chi connectivity index (χ3v) is 14.0. The first-order valence-electron chi connectivity index (χ1n) is 14.5. The molecule has 2 aromatic rings. The fourth-order valence-corrected chi connectivity index (χ4v) is 11.6. The fraction of sp³-hybridized carbons (Fsp3) is 0.625. The van der Waals surface area contributed by atoms with Gasteiger partial charge in [0.15, 0.2) is 0 Å². The van der Waals surface area contributed by atoms with Gasteiger partial charge in [0.05, 0.1) is 0 Å². The highest BCUT2D eigenvalue weighted by molar-refractivity contribution is 8.70. The first kappa shape index (κ1) is 30.7. The van der Waals surface area contributed by atoms with E-state index in [1.807, 2.05) is 0 Å². The molecule has 0 saturated carbocycles. The molecule has 0 unspecified atom stereocenters. The van der Waals surface area contributed by atoms with Crippen molar-refractivity contribution in [2.24, 2.45) is 0 Å². The summed E-state index contributed by atoms with van der Waals surface area (Å²) in [4.78, 5) is 0. The van der Waals surface area contributed by atoms with E-state index in [0.29, 0.717) is 0 Å². The Labute approximate surface area is 227 Å². The molecule has 0 amide bonds. The van der Waals surface area contributed by atoms with E-state index in [1.165, 1.54) is 120 Å². The summed E-state index contributed by atoms with van der Waals surface area (Å²) in [5.41, 5.74) is 2.82. The van der Waals surface area contributed by atoms with Gasteiger partial charge >= 0.3 is 0 Å². The van der Waals surface area contributed by atoms with Gasteiger partial charge in [-0.25, -0.2) is 0 Å². The molecule has 196 valence electrons. The summed E-state index contributed by atoms with van der Waals surface area (Å²) in [5.74, 6) is 1.23. The summed E-state index contributed by atoms with van der Waals surface area (Å²) in [6.07, 6.45) is 25.0. The Morgan fingerprint density at radius 3 is 1.23 bits per heavy atom. The van der Waals surface area contributed by atoms with Gasteiger partial charge in [0.25, 0.3) is 0 Å². The molecular weight excluding hydrogens is 479 g/mol. The van der Waals surface area contributed by atoms with Gasteiger partial charge in [0.1, 0.15) is 0 Å². The van der Waals surface area contributed by atoms with E-state index in [1.54, 1.807) is 0 Å². The molecule has 0 aliphatic carbocycles. The van der Waals surface area contributed by atoms with Crippen molar-refractivity contribution in [3.8, 4) is 0 Å². The maximum atomic E-state index is 6.35. The van der Waals surface area contributed by atoms with Crippen molar-refractivity contribution < 1.29 is 0 Å². The molecule has 0 heterocycles. The molecule has 0 aliphatic heterocycles. The van der Waals surface area contributed by atoms with E-state index in [9.17, 15) is 0 Å². The minimum absolute atomic E-state index is 1.07. The highest BCUT2D eigenvalue weighted by Crippen LogP contribution is 2.64. The molecule has 0 fully saturated rings. The molecule has 2 aromatic carbocycles. The second-order valence-electron chi connectivity index (χ2n) is 10.2. The van der Waals surface area contributed by atoms with Gasteiger partial charge in [0.2, 0.25) is 0 Å². The number of hydrogen-bond acceptors (Lipinski definition) is 2. The van der Waals surface area contributed by atoms with Gasteiger partial charge in [-0.1, -0.05) is 176 Å². The molecule has 0 saturated heterocycles. The van der Waals surface area contributed by atoms with Crippen LogP contribution >= 0.6 is 16.6 Å². The average Bonchev–Trinajstić information content (AvgIpc) is 2.87. The molecule has 0 bridgehead atoms. The fourth-order valence-electron chi connectivity index (χ4n) is 4.75. The van der Waals surface area contributed by atoms with E-state index in [4.69, 9.17) is 11.8 Å². The zero-order valence-corrected chi connectivity index (χ0v) is 25.0. The van der Waals surface area contributed by atoms with Gasteiger partial charge < -0.3 is 0 Å². The van der Waals surface area contributed by atoms with Crippen molar-refractivity contribution in [2.45, 2.75) is 122 Å². The smallest absolute Gasteiger partial charge is 0.0149 e. The molecule has 0 aromatic heterocycles. The largest absolute Gasteiger partial charge is 0.123 e. The van der Waals surface area contributed by atoms with Crippen molar-refractivity contribution in [3.05, 3.63) is 71.8 Å². The Bertz CT molecular complexity index is 729. The Balaban J connectivity index is 1.51. The van der Waals surface area contributed by atoms with Crippen LogP contribution in [0.1, 0.15) is 121 Å². The summed E-state index contributed by atoms with van der Waals surface area (Å²) in [6, 6.07) is 21.8. The first-order chi connectivity index (χ1) is 17.2. The van der Waals surface area contributed by atoms with Crippen LogP contribution in [0, 0.1) is 0 Å². The molecule has 2 rings (SSSR count). The standard InChI is InChI=1S/C32H51PS2/c1-2-3-4-5-6-7-8-9-10-11-12-13-14-15-16-23-28-35-33(34,29-31-24-19-17-20-25-31)30-32-26-21-18-22-27-32/h17-22,24-27H,2-16,23,28-30H2,1H3. The maximum Gasteiger partial charge on any atom is 0.0149 e. The first-order valence-corrected chi connectivity index (χ1v) is 19.3. The molecule has 0 nitrogen and oxygen atoms in total. The van der Waals surface area contributed by atoms with Crippen molar-refractivity contribution in [2.75, 3.05) is 5.75 Å². The minimum Gasteiger partial charge on any atom is -0.123 e. The van der Waals surface area contributed by atoms with E-state index < -0.39 is 5.24 Å². The second kappa shape index (κ2) is 20.5. The lowest BCUT2D eigenvalue weighted by Gasteiger charge is -2.22. The lowest BCUT2D eigenvalue weighted by Crippen LogP contribution is -1.92. The predicted octanol–water partition coefficient (Wildman–Crippen LogP) is 11.8. The molecule has 0 spiro atoms. The quantitative estimate of drug-likeness (QED) is 0.110. The van der Waals surface area contributed by atoms with Crippen LogP contribution in [-0.2, 0) is 24.1 Å². The number of benzene rings is 2. The number of unbranched alkanes of at least 4 members (excludes halogenated alkanes) is 15. The second-order valence-corrected chi connectivity index (χ2v) is 18.8. The van der Waals surface area contributed by atoms with Gasteiger partial charge in [-0.05, 0) is 23.3 Å². The molecule has 0 N–H and O–H groups in total. The SMILES string of the molecule is CCCCCCCCCCCCCCCCCCSP(=S)(Cc1ccccc1)Cc1ccccc1. The molecular formula is C32H51PS2. The molecule has 0 radical (unpaired) electrons. The average molecular weight is 531 g/mol. The minimum atomic E-state index is -1.50. The van der Waals surface area contributed by atoms with E-state index in [0.717, 1.165) is 12.3 Å². The van der Waals surface area contributed by atoms with Gasteiger partial charge in [0, 0.05) is 17.6 Å². The third kappa shape index (κ3) is 16.0. The lowest BCUT2D eigenvalue weighted by atomic mass is 10.0. The van der Waals surface area contributed by atoms with Crippen molar-refractivity contribution in [1.82, 2.24) is 0 Å². The summed E-state index contributed by atoms with van der Waals surface area (Å²) in [6.45, 7) is 2.30. The zero-order chi connectivity index (χ0) is 24.9. The van der Waals surface area contributed by atoms with Crippen LogP contribution in [0.5, 0.6) is 0 Å². The van der Waals surface area contributed by atoms with Crippen LogP contribution in [0.2, 0.25) is 0 Å². The summed E-state index contributed by atoms with van der Waals surface area (Å²) in [7, 11) is 0. The van der Waals surface area contributed by atoms with Crippen LogP contribution in [0.3, 0.4) is 0 Å². The number of hydrogen-bond donors (Lipinski definition) is 0. The molecule has 35 heavy (non-hydrogen) atoms. The summed E-state index contributed by atoms with van der Waals surface area (Å²) < 4.78 is 0. The highest BCUT2D eigenvalue weighted by atomic mass is 32.9. The van der Waals surface area contributed by atoms with Crippen LogP contribution in [0.4, 0.5) is 0 Å². The Morgan fingerprint density at radius 2 is 0.857 bits per heavy atom. The van der Waals surface area contributed by atoms with Crippen LogP contribution in [0.25, 0.3) is 0 Å². The van der Waals surface area contributed by atoms with Crippen LogP contribution < -0.4 is 0 Å². The van der Waals surface area contributed by atoms with E-state index >= 15 is 0 Å². The maximum absolute atomic E-state index is 6.35. The van der Waals surface area contributed by atoms with Gasteiger partial charge in [-0.2, -0.15) is 0 Å². The van der Waals surface area contributed by atoms with Crippen molar-refractivity contribution >= 4 is 28.4 Å². The monoisotopic (exact) mass is 530 g/mol. The Hall–Kier alpha value is -0.560.